The lowest BCUT2D eigenvalue weighted by molar-refractivity contribution is 0.252. The molecular weight excluding hydrogens is 366 g/mol. The number of urea groups is 1. The van der Waals surface area contributed by atoms with Crippen LogP contribution in [-0.4, -0.2) is 31.2 Å². The molecule has 0 radical (unpaired) electrons. The predicted molar refractivity (Wildman–Crippen MR) is 114 cm³/mol. The Kier molecular flexibility index (Phi) is 6.15. The lowest BCUT2D eigenvalue weighted by atomic mass is 10.0. The van der Waals surface area contributed by atoms with Gasteiger partial charge in [-0.15, -0.1) is 0 Å². The fourth-order valence-electron chi connectivity index (χ4n) is 3.06. The van der Waals surface area contributed by atoms with E-state index >= 15 is 0 Å². The molecule has 29 heavy (non-hydrogen) atoms. The topological polar surface area (TPSA) is 99.1 Å². The average Bonchev–Trinajstić information content (AvgIpc) is 2.71. The highest BCUT2D eigenvalue weighted by atomic mass is 16.5. The number of benzene rings is 2. The molecule has 0 unspecified atom stereocenters. The molecule has 0 bridgehead atoms. The summed E-state index contributed by atoms with van der Waals surface area (Å²) in [5.74, 6) is 1.24. The first-order valence-electron chi connectivity index (χ1n) is 9.25. The van der Waals surface area contributed by atoms with Crippen LogP contribution >= 0.6 is 0 Å². The van der Waals surface area contributed by atoms with E-state index in [1.54, 1.807) is 31.4 Å². The third kappa shape index (κ3) is 4.93. The molecule has 3 N–H and O–H groups in total. The van der Waals surface area contributed by atoms with Gasteiger partial charge < -0.3 is 20.7 Å². The van der Waals surface area contributed by atoms with Gasteiger partial charge in [0.1, 0.15) is 17.6 Å². The van der Waals surface area contributed by atoms with Crippen LogP contribution in [0.5, 0.6) is 5.75 Å². The molecule has 0 spiro atoms. The number of carbonyl (C=O) groups excluding carboxylic acids is 1. The Balaban J connectivity index is 1.57. The van der Waals surface area contributed by atoms with E-state index in [9.17, 15) is 10.1 Å². The van der Waals surface area contributed by atoms with Crippen molar-refractivity contribution < 1.29 is 9.53 Å². The summed E-state index contributed by atoms with van der Waals surface area (Å²) in [6.07, 6.45) is 0. The molecule has 0 aliphatic heterocycles. The number of hydrogen-bond donors (Lipinski definition) is 3. The second-order valence-electron chi connectivity index (χ2n) is 6.68. The van der Waals surface area contributed by atoms with Gasteiger partial charge in [0.25, 0.3) is 0 Å². The van der Waals surface area contributed by atoms with E-state index in [0.29, 0.717) is 30.2 Å². The molecule has 1 heterocycles. The van der Waals surface area contributed by atoms with Gasteiger partial charge in [-0.2, -0.15) is 5.26 Å². The fraction of sp³-hybridized carbons (Fsp3) is 0.227. The second kappa shape index (κ2) is 8.93. The van der Waals surface area contributed by atoms with Gasteiger partial charge in [0.2, 0.25) is 0 Å². The molecule has 3 rings (SSSR count). The molecule has 2 aromatic carbocycles. The van der Waals surface area contributed by atoms with Crippen LogP contribution in [0.4, 0.5) is 16.3 Å². The molecule has 0 aliphatic carbocycles. The summed E-state index contributed by atoms with van der Waals surface area (Å²) in [6, 6.07) is 14.9. The largest absolute Gasteiger partial charge is 0.497 e. The predicted octanol–water partition coefficient (Wildman–Crippen LogP) is 3.97. The Morgan fingerprint density at radius 2 is 1.90 bits per heavy atom. The lowest BCUT2D eigenvalue weighted by Gasteiger charge is -2.12. The maximum absolute atomic E-state index is 12.0. The Hall–Kier alpha value is -3.79. The second-order valence-corrected chi connectivity index (χ2v) is 6.68. The SMILES string of the molecule is COc1ccc(NC(=O)NCCNc2nc3cc(C)cc(C)c3cc2C#N)cc1. The first-order valence-corrected chi connectivity index (χ1v) is 9.25. The van der Waals surface area contributed by atoms with Crippen molar-refractivity contribution in [3.05, 3.63) is 59.2 Å². The number of ether oxygens (including phenoxy) is 1. The fourth-order valence-corrected chi connectivity index (χ4v) is 3.06. The van der Waals surface area contributed by atoms with Crippen LogP contribution in [0, 0.1) is 25.2 Å². The number of pyridine rings is 1. The van der Waals surface area contributed by atoms with E-state index in [4.69, 9.17) is 4.74 Å². The molecule has 0 atom stereocenters. The molecular formula is C22H23N5O2. The van der Waals surface area contributed by atoms with Gasteiger partial charge in [-0.05, 0) is 61.4 Å². The highest BCUT2D eigenvalue weighted by Gasteiger charge is 2.09. The Morgan fingerprint density at radius 3 is 2.59 bits per heavy atom. The third-order valence-corrected chi connectivity index (χ3v) is 4.46. The number of methoxy groups -OCH3 is 1. The van der Waals surface area contributed by atoms with Crippen molar-refractivity contribution in [2.45, 2.75) is 13.8 Å². The lowest BCUT2D eigenvalue weighted by Crippen LogP contribution is -2.32. The molecule has 0 fully saturated rings. The van der Waals surface area contributed by atoms with Gasteiger partial charge in [-0.25, -0.2) is 9.78 Å². The summed E-state index contributed by atoms with van der Waals surface area (Å²) in [4.78, 5) is 16.6. The zero-order valence-corrected chi connectivity index (χ0v) is 16.7. The molecule has 3 aromatic rings. The number of carbonyl (C=O) groups is 1. The van der Waals surface area contributed by atoms with Gasteiger partial charge in [0.15, 0.2) is 0 Å². The standard InChI is InChI=1S/C22H23N5O2/c1-14-10-15(2)19-12-16(13-23)21(27-20(19)11-14)24-8-9-25-22(28)26-17-4-6-18(29-3)7-5-17/h4-7,10-12H,8-9H2,1-3H3,(H,24,27)(H2,25,26,28). The summed E-state index contributed by atoms with van der Waals surface area (Å²) in [5.41, 5.74) is 4.20. The number of nitrogens with one attached hydrogen (secondary N) is 3. The van der Waals surface area contributed by atoms with Crippen molar-refractivity contribution >= 4 is 28.4 Å². The van der Waals surface area contributed by atoms with Crippen LogP contribution in [0.2, 0.25) is 0 Å². The number of aromatic nitrogens is 1. The van der Waals surface area contributed by atoms with Crippen molar-refractivity contribution in [1.29, 1.82) is 5.26 Å². The first kappa shape index (κ1) is 20.0. The number of aryl methyl sites for hydroxylation is 2. The zero-order chi connectivity index (χ0) is 20.8. The van der Waals surface area contributed by atoms with E-state index in [2.05, 4.69) is 33.1 Å². The van der Waals surface area contributed by atoms with Crippen LogP contribution < -0.4 is 20.7 Å². The minimum Gasteiger partial charge on any atom is -0.497 e. The highest BCUT2D eigenvalue weighted by molar-refractivity contribution is 5.89. The van der Waals surface area contributed by atoms with Gasteiger partial charge in [-0.3, -0.25) is 0 Å². The summed E-state index contributed by atoms with van der Waals surface area (Å²) in [5, 5.41) is 19.1. The maximum Gasteiger partial charge on any atom is 0.319 e. The number of nitrogens with zero attached hydrogens (tertiary/aromatic N) is 2. The van der Waals surface area contributed by atoms with E-state index in [1.165, 1.54) is 0 Å². The summed E-state index contributed by atoms with van der Waals surface area (Å²) < 4.78 is 5.09. The van der Waals surface area contributed by atoms with Crippen molar-refractivity contribution in [2.24, 2.45) is 0 Å². The Morgan fingerprint density at radius 1 is 1.14 bits per heavy atom. The van der Waals surface area contributed by atoms with Gasteiger partial charge in [-0.1, -0.05) is 6.07 Å². The van der Waals surface area contributed by atoms with E-state index in [1.807, 2.05) is 26.0 Å². The van der Waals surface area contributed by atoms with Crippen LogP contribution in [-0.2, 0) is 0 Å². The van der Waals surface area contributed by atoms with Gasteiger partial charge >= 0.3 is 6.03 Å². The minimum atomic E-state index is -0.310. The molecule has 0 saturated heterocycles. The molecule has 7 nitrogen and oxygen atoms in total. The quantitative estimate of drug-likeness (QED) is 0.554. The summed E-state index contributed by atoms with van der Waals surface area (Å²) >= 11 is 0. The number of hydrogen-bond acceptors (Lipinski definition) is 5. The maximum atomic E-state index is 12.0. The molecule has 7 heteroatoms. The van der Waals surface area contributed by atoms with Crippen molar-refractivity contribution in [3.8, 4) is 11.8 Å². The van der Waals surface area contributed by atoms with E-state index in [-0.39, 0.29) is 6.03 Å². The van der Waals surface area contributed by atoms with Gasteiger partial charge in [0.05, 0.1) is 18.2 Å². The van der Waals surface area contributed by atoms with Crippen molar-refractivity contribution in [1.82, 2.24) is 10.3 Å². The number of anilines is 2. The minimum absolute atomic E-state index is 0.310. The zero-order valence-electron chi connectivity index (χ0n) is 16.7. The summed E-state index contributed by atoms with van der Waals surface area (Å²) in [7, 11) is 1.59. The Bertz CT molecular complexity index is 1070. The van der Waals surface area contributed by atoms with E-state index < -0.39 is 0 Å². The van der Waals surface area contributed by atoms with Crippen LogP contribution in [0.3, 0.4) is 0 Å². The van der Waals surface area contributed by atoms with Crippen LogP contribution in [0.15, 0.2) is 42.5 Å². The number of nitriles is 1. The molecule has 2 amide bonds. The normalized spacial score (nSPS) is 10.3. The van der Waals surface area contributed by atoms with Crippen molar-refractivity contribution in [3.63, 3.8) is 0 Å². The summed E-state index contributed by atoms with van der Waals surface area (Å²) in [6.45, 7) is 4.84. The number of fused-ring (bicyclic) bond motifs is 1. The average molecular weight is 389 g/mol. The molecule has 148 valence electrons. The number of amides is 2. The van der Waals surface area contributed by atoms with Gasteiger partial charge in [0, 0.05) is 24.2 Å². The highest BCUT2D eigenvalue weighted by Crippen LogP contribution is 2.24. The third-order valence-electron chi connectivity index (χ3n) is 4.46. The first-order chi connectivity index (χ1) is 14.0. The monoisotopic (exact) mass is 389 g/mol. The Labute approximate surface area is 169 Å². The van der Waals surface area contributed by atoms with Crippen molar-refractivity contribution in [2.75, 3.05) is 30.8 Å². The van der Waals surface area contributed by atoms with Crippen LogP contribution in [0.25, 0.3) is 10.9 Å². The smallest absolute Gasteiger partial charge is 0.319 e. The van der Waals surface area contributed by atoms with Crippen LogP contribution in [0.1, 0.15) is 16.7 Å². The molecule has 0 saturated carbocycles. The van der Waals surface area contributed by atoms with E-state index in [0.717, 1.165) is 27.8 Å². The molecule has 1 aromatic heterocycles. The molecule has 0 aliphatic rings. The number of rotatable bonds is 6.